The lowest BCUT2D eigenvalue weighted by molar-refractivity contribution is 0.592. The molecule has 0 aliphatic rings. The zero-order chi connectivity index (χ0) is 42.6. The molecule has 64 heavy (non-hydrogen) atoms. The van der Waals surface area contributed by atoms with Crippen LogP contribution in [0.5, 0.6) is 0 Å². The van der Waals surface area contributed by atoms with Gasteiger partial charge in [-0.15, -0.1) is 11.3 Å². The number of hydrogen-bond acceptors (Lipinski definition) is 6. The number of hydrogen-bond donors (Lipinski definition) is 0. The van der Waals surface area contributed by atoms with Gasteiger partial charge in [-0.1, -0.05) is 182 Å². The van der Waals surface area contributed by atoms with Crippen molar-refractivity contribution in [2.24, 2.45) is 0 Å². The molecule has 0 aliphatic carbocycles. The molecular weight excluding hydrogens is 822 g/mol. The van der Waals surface area contributed by atoms with Crippen LogP contribution in [0, 0.1) is 0 Å². The van der Waals surface area contributed by atoms with Crippen molar-refractivity contribution in [3.63, 3.8) is 0 Å². The van der Waals surface area contributed by atoms with Crippen LogP contribution in [0.25, 0.3) is 98.5 Å². The first-order chi connectivity index (χ1) is 31.6. The lowest BCUT2D eigenvalue weighted by atomic mass is 9.96. The standard InChI is InChI=1S/C57H36N3O2PS/c61-63(43-21-9-3-10-22-43,44-23-11-4-12-24-44)45-25-15-20-41(32-45)56-58-55(38-18-7-2-8-19-38)59-57(60-56)42-33-49(54-48-26-13-14-27-50(48)62-51(54)34-42)40-29-31-47-46-30-28-39(37-16-5-1-6-17-37)35-52(46)64-53(47)36-40/h1-36H. The van der Waals surface area contributed by atoms with Crippen LogP contribution in [0.15, 0.2) is 223 Å². The normalized spacial score (nSPS) is 11.8. The second kappa shape index (κ2) is 15.5. The van der Waals surface area contributed by atoms with Gasteiger partial charge in [-0.25, -0.2) is 15.0 Å². The number of thiophene rings is 1. The Morgan fingerprint density at radius 2 is 0.875 bits per heavy atom. The predicted octanol–water partition coefficient (Wildman–Crippen LogP) is 14.1. The molecule has 3 heterocycles. The molecule has 302 valence electrons. The van der Waals surface area contributed by atoms with Crippen molar-refractivity contribution in [2.75, 3.05) is 0 Å². The molecule has 9 aromatic carbocycles. The number of para-hydroxylation sites is 1. The Hall–Kier alpha value is -7.76. The summed E-state index contributed by atoms with van der Waals surface area (Å²) < 4.78 is 24.6. The maximum atomic E-state index is 15.5. The Labute approximate surface area is 373 Å². The monoisotopic (exact) mass is 857 g/mol. The van der Waals surface area contributed by atoms with Crippen LogP contribution in [-0.2, 0) is 4.57 Å². The fourth-order valence-corrected chi connectivity index (χ4v) is 12.8. The van der Waals surface area contributed by atoms with Gasteiger partial charge in [0.15, 0.2) is 24.6 Å². The van der Waals surface area contributed by atoms with Crippen LogP contribution in [0.2, 0.25) is 0 Å². The first-order valence-corrected chi connectivity index (χ1v) is 23.7. The summed E-state index contributed by atoms with van der Waals surface area (Å²) in [4.78, 5) is 15.5. The fourth-order valence-electron chi connectivity index (χ4n) is 8.88. The number of aromatic nitrogens is 3. The van der Waals surface area contributed by atoms with E-state index in [4.69, 9.17) is 19.4 Å². The van der Waals surface area contributed by atoms with Crippen molar-refractivity contribution in [2.45, 2.75) is 0 Å². The molecule has 0 aliphatic heterocycles. The maximum absolute atomic E-state index is 15.5. The van der Waals surface area contributed by atoms with Gasteiger partial charge >= 0.3 is 0 Å². The predicted molar refractivity (Wildman–Crippen MR) is 267 cm³/mol. The maximum Gasteiger partial charge on any atom is 0.171 e. The first-order valence-electron chi connectivity index (χ1n) is 21.2. The number of rotatable bonds is 8. The zero-order valence-corrected chi connectivity index (χ0v) is 36.0. The van der Waals surface area contributed by atoms with E-state index in [1.165, 1.54) is 31.3 Å². The average Bonchev–Trinajstić information content (AvgIpc) is 3.94. The van der Waals surface area contributed by atoms with Gasteiger partial charge < -0.3 is 8.98 Å². The van der Waals surface area contributed by atoms with Crippen LogP contribution < -0.4 is 15.9 Å². The van der Waals surface area contributed by atoms with E-state index in [0.29, 0.717) is 22.8 Å². The van der Waals surface area contributed by atoms with Crippen molar-refractivity contribution in [3.05, 3.63) is 218 Å². The Morgan fingerprint density at radius 3 is 1.55 bits per heavy atom. The third-order valence-electron chi connectivity index (χ3n) is 12.0. The summed E-state index contributed by atoms with van der Waals surface area (Å²) in [5, 5.41) is 6.78. The third kappa shape index (κ3) is 6.55. The summed E-state index contributed by atoms with van der Waals surface area (Å²) in [7, 11) is -3.27. The second-order valence-electron chi connectivity index (χ2n) is 15.9. The molecule has 12 rings (SSSR count). The van der Waals surface area contributed by atoms with Crippen LogP contribution in [0.3, 0.4) is 0 Å². The molecule has 0 atom stereocenters. The molecule has 0 saturated carbocycles. The second-order valence-corrected chi connectivity index (χ2v) is 19.7. The summed E-state index contributed by atoms with van der Waals surface area (Å²) in [6.07, 6.45) is 0. The average molecular weight is 858 g/mol. The van der Waals surface area contributed by atoms with Gasteiger partial charge in [0.1, 0.15) is 11.2 Å². The Kier molecular flexibility index (Phi) is 9.22. The van der Waals surface area contributed by atoms with E-state index in [0.717, 1.165) is 60.4 Å². The van der Waals surface area contributed by atoms with Gasteiger partial charge in [-0.2, -0.15) is 0 Å². The van der Waals surface area contributed by atoms with E-state index in [9.17, 15) is 0 Å². The molecule has 0 saturated heterocycles. The smallest absolute Gasteiger partial charge is 0.171 e. The Balaban J connectivity index is 1.04. The lowest BCUT2D eigenvalue weighted by Gasteiger charge is -2.20. The topological polar surface area (TPSA) is 68.9 Å². The number of fused-ring (bicyclic) bond motifs is 6. The summed E-state index contributed by atoms with van der Waals surface area (Å²) in [6, 6.07) is 73.8. The summed E-state index contributed by atoms with van der Waals surface area (Å²) in [6.45, 7) is 0. The minimum Gasteiger partial charge on any atom is -0.456 e. The third-order valence-corrected chi connectivity index (χ3v) is 16.2. The molecule has 0 unspecified atom stereocenters. The molecule has 0 fully saturated rings. The van der Waals surface area contributed by atoms with E-state index < -0.39 is 7.14 Å². The van der Waals surface area contributed by atoms with E-state index in [1.54, 1.807) is 0 Å². The molecule has 3 aromatic heterocycles. The molecule has 0 bridgehead atoms. The highest BCUT2D eigenvalue weighted by molar-refractivity contribution is 7.85. The molecule has 0 radical (unpaired) electrons. The molecule has 12 aromatic rings. The van der Waals surface area contributed by atoms with Gasteiger partial charge in [0.25, 0.3) is 0 Å². The lowest BCUT2D eigenvalue weighted by Crippen LogP contribution is -2.25. The van der Waals surface area contributed by atoms with Crippen LogP contribution in [-0.4, -0.2) is 15.0 Å². The number of nitrogens with zero attached hydrogens (tertiary/aromatic N) is 3. The van der Waals surface area contributed by atoms with E-state index in [2.05, 4.69) is 84.9 Å². The van der Waals surface area contributed by atoms with Gasteiger partial charge in [0.05, 0.1) is 0 Å². The molecule has 5 nitrogen and oxygen atoms in total. The molecule has 0 N–H and O–H groups in total. The van der Waals surface area contributed by atoms with Crippen LogP contribution in [0.4, 0.5) is 0 Å². The fraction of sp³-hybridized carbons (Fsp3) is 0. The van der Waals surface area contributed by atoms with Gasteiger partial charge in [0, 0.05) is 63.5 Å². The van der Waals surface area contributed by atoms with Crippen molar-refractivity contribution in [3.8, 4) is 56.4 Å². The van der Waals surface area contributed by atoms with E-state index >= 15 is 4.57 Å². The largest absolute Gasteiger partial charge is 0.456 e. The summed E-state index contributed by atoms with van der Waals surface area (Å²) in [5.41, 5.74) is 8.46. The van der Waals surface area contributed by atoms with Crippen LogP contribution in [0.1, 0.15) is 0 Å². The van der Waals surface area contributed by atoms with Gasteiger partial charge in [-0.3, -0.25) is 0 Å². The highest BCUT2D eigenvalue weighted by Gasteiger charge is 2.30. The van der Waals surface area contributed by atoms with Crippen molar-refractivity contribution in [1.82, 2.24) is 15.0 Å². The van der Waals surface area contributed by atoms with Crippen molar-refractivity contribution < 1.29 is 8.98 Å². The Morgan fingerprint density at radius 1 is 0.359 bits per heavy atom. The number of furan rings is 1. The molecular formula is C57H36N3O2PS. The summed E-state index contributed by atoms with van der Waals surface area (Å²) >= 11 is 1.81. The number of benzene rings is 9. The van der Waals surface area contributed by atoms with Crippen molar-refractivity contribution in [1.29, 1.82) is 0 Å². The van der Waals surface area contributed by atoms with Crippen LogP contribution >= 0.6 is 18.5 Å². The van der Waals surface area contributed by atoms with E-state index in [1.807, 2.05) is 145 Å². The highest BCUT2D eigenvalue weighted by Crippen LogP contribution is 2.45. The van der Waals surface area contributed by atoms with Gasteiger partial charge in [0.2, 0.25) is 0 Å². The molecule has 0 spiro atoms. The molecule has 0 amide bonds. The minimum absolute atomic E-state index is 0.478. The Bertz CT molecular complexity index is 3710. The van der Waals surface area contributed by atoms with Gasteiger partial charge in [-0.05, 0) is 58.7 Å². The first kappa shape index (κ1) is 38.0. The zero-order valence-electron chi connectivity index (χ0n) is 34.3. The summed E-state index contributed by atoms with van der Waals surface area (Å²) in [5.74, 6) is 1.52. The van der Waals surface area contributed by atoms with Crippen molar-refractivity contribution >= 4 is 76.5 Å². The molecule has 7 heteroatoms. The van der Waals surface area contributed by atoms with E-state index in [-0.39, 0.29) is 0 Å². The highest BCUT2D eigenvalue weighted by atomic mass is 32.1. The minimum atomic E-state index is -3.27. The quantitative estimate of drug-likeness (QED) is 0.142. The SMILES string of the molecule is O=P(c1ccccc1)(c1ccccc1)c1cccc(-c2nc(-c3ccccc3)nc(-c3cc(-c4ccc5c(c4)sc4cc(-c6ccccc6)ccc45)c4c(c3)oc3ccccc34)n2)c1.